The summed E-state index contributed by atoms with van der Waals surface area (Å²) in [6.07, 6.45) is 1.55. The summed E-state index contributed by atoms with van der Waals surface area (Å²) >= 11 is 2.50. The molecule has 0 aliphatic carbocycles. The van der Waals surface area contributed by atoms with Gasteiger partial charge in [-0.1, -0.05) is 42.1 Å². The minimum Gasteiger partial charge on any atom is -0.467 e. The van der Waals surface area contributed by atoms with Crippen LogP contribution in [0.25, 0.3) is 21.3 Å². The highest BCUT2D eigenvalue weighted by atomic mass is 32.2. The molecule has 0 aliphatic rings. The lowest BCUT2D eigenvalue weighted by molar-refractivity contribution is -0.118. The van der Waals surface area contributed by atoms with Crippen LogP contribution in [0.3, 0.4) is 0 Å². The van der Waals surface area contributed by atoms with E-state index in [4.69, 9.17) is 10.3 Å². The second-order valence-corrected chi connectivity index (χ2v) is 7.71. The molecule has 0 aliphatic heterocycles. The van der Waals surface area contributed by atoms with E-state index in [0.29, 0.717) is 27.7 Å². The van der Waals surface area contributed by atoms with E-state index in [-0.39, 0.29) is 17.2 Å². The number of hydrogen-bond acceptors (Lipinski definition) is 7. The molecule has 0 atom stereocenters. The van der Waals surface area contributed by atoms with E-state index in [0.717, 1.165) is 27.6 Å². The fraction of sp³-hybridized carbons (Fsp3) is 0.105. The number of amides is 1. The summed E-state index contributed by atoms with van der Waals surface area (Å²) in [5.74, 6) is 6.53. The van der Waals surface area contributed by atoms with Crippen LogP contribution in [0.4, 0.5) is 0 Å². The molecule has 9 heteroatoms. The average molecular weight is 412 g/mol. The molecule has 142 valence electrons. The van der Waals surface area contributed by atoms with Crippen LogP contribution in [0.1, 0.15) is 5.76 Å². The number of nitrogens with one attached hydrogen (secondary N) is 1. The maximum Gasteiger partial charge on any atom is 0.282 e. The maximum absolute atomic E-state index is 12.8. The van der Waals surface area contributed by atoms with Gasteiger partial charge in [-0.15, -0.1) is 11.3 Å². The van der Waals surface area contributed by atoms with Gasteiger partial charge in [0.2, 0.25) is 5.91 Å². The zero-order valence-electron chi connectivity index (χ0n) is 14.6. The van der Waals surface area contributed by atoms with Crippen molar-refractivity contribution in [1.82, 2.24) is 15.0 Å². The molecule has 0 radical (unpaired) electrons. The number of nitrogen functional groups attached to an aromatic ring is 1. The third-order valence-corrected chi connectivity index (χ3v) is 5.89. The average Bonchev–Trinajstić information content (AvgIpc) is 3.38. The second kappa shape index (κ2) is 7.91. The van der Waals surface area contributed by atoms with Crippen molar-refractivity contribution in [3.8, 4) is 11.1 Å². The summed E-state index contributed by atoms with van der Waals surface area (Å²) in [6, 6.07) is 13.2. The zero-order chi connectivity index (χ0) is 19.5. The van der Waals surface area contributed by atoms with Gasteiger partial charge < -0.3 is 15.6 Å². The number of thioether (sulfide) groups is 1. The molecule has 1 amide bonds. The summed E-state index contributed by atoms with van der Waals surface area (Å²) in [5, 5.41) is 5.44. The van der Waals surface area contributed by atoms with Crippen molar-refractivity contribution in [3.63, 3.8) is 0 Å². The van der Waals surface area contributed by atoms with E-state index in [1.165, 1.54) is 11.3 Å². The molecule has 0 unspecified atom stereocenters. The first-order valence-corrected chi connectivity index (χ1v) is 10.3. The Bertz CT molecular complexity index is 1170. The minimum atomic E-state index is -0.330. The van der Waals surface area contributed by atoms with Crippen LogP contribution in [0.15, 0.2) is 68.5 Å². The number of hydrogen-bond donors (Lipinski definition) is 2. The number of nitrogens with two attached hydrogens (primary N) is 1. The van der Waals surface area contributed by atoms with Crippen molar-refractivity contribution in [2.45, 2.75) is 11.7 Å². The largest absolute Gasteiger partial charge is 0.467 e. The Morgan fingerprint density at radius 3 is 2.82 bits per heavy atom. The number of furan rings is 1. The van der Waals surface area contributed by atoms with Crippen LogP contribution in [-0.4, -0.2) is 21.3 Å². The summed E-state index contributed by atoms with van der Waals surface area (Å²) in [7, 11) is 0. The number of thiophene rings is 1. The van der Waals surface area contributed by atoms with Gasteiger partial charge in [0, 0.05) is 10.9 Å². The van der Waals surface area contributed by atoms with E-state index < -0.39 is 0 Å². The van der Waals surface area contributed by atoms with Gasteiger partial charge in [-0.3, -0.25) is 9.59 Å². The van der Waals surface area contributed by atoms with Crippen LogP contribution in [0.5, 0.6) is 0 Å². The molecular weight excluding hydrogens is 396 g/mol. The molecule has 1 aromatic carbocycles. The highest BCUT2D eigenvalue weighted by Crippen LogP contribution is 2.31. The fourth-order valence-corrected chi connectivity index (χ4v) is 4.43. The standard InChI is InChI=1S/C19H16N4O3S2/c20-23-18(25)16-14(12-5-2-1-3-6-12)10-27-17(16)22-19(23)28-11-15(24)21-9-13-7-4-8-26-13/h1-8,10H,9,11,20H2,(H,21,24). The molecule has 0 saturated heterocycles. The summed E-state index contributed by atoms with van der Waals surface area (Å²) in [5.41, 5.74) is 1.42. The van der Waals surface area contributed by atoms with Gasteiger partial charge in [0.05, 0.1) is 23.9 Å². The number of carbonyl (C=O) groups excluding carboxylic acids is 1. The Morgan fingerprint density at radius 2 is 2.07 bits per heavy atom. The predicted molar refractivity (Wildman–Crippen MR) is 111 cm³/mol. The van der Waals surface area contributed by atoms with Gasteiger partial charge >= 0.3 is 0 Å². The van der Waals surface area contributed by atoms with Crippen LogP contribution in [0.2, 0.25) is 0 Å². The lowest BCUT2D eigenvalue weighted by Crippen LogP contribution is -2.30. The first-order valence-electron chi connectivity index (χ1n) is 8.40. The van der Waals surface area contributed by atoms with E-state index in [9.17, 15) is 9.59 Å². The number of rotatable bonds is 6. The van der Waals surface area contributed by atoms with Crippen LogP contribution >= 0.6 is 23.1 Å². The SMILES string of the molecule is Nn1c(SCC(=O)NCc2ccco2)nc2scc(-c3ccccc3)c2c1=O. The Hall–Kier alpha value is -3.04. The molecule has 3 aromatic heterocycles. The zero-order valence-corrected chi connectivity index (χ0v) is 16.3. The van der Waals surface area contributed by atoms with E-state index >= 15 is 0 Å². The van der Waals surface area contributed by atoms with Gasteiger partial charge in [-0.2, -0.15) is 0 Å². The monoisotopic (exact) mass is 412 g/mol. The van der Waals surface area contributed by atoms with Crippen molar-refractivity contribution in [2.24, 2.45) is 0 Å². The Balaban J connectivity index is 1.53. The number of benzene rings is 1. The van der Waals surface area contributed by atoms with Crippen LogP contribution in [0, 0.1) is 0 Å². The van der Waals surface area contributed by atoms with Crippen molar-refractivity contribution < 1.29 is 9.21 Å². The molecule has 3 N–H and O–H groups in total. The summed E-state index contributed by atoms with van der Waals surface area (Å²) in [4.78, 5) is 29.9. The van der Waals surface area contributed by atoms with E-state index in [1.807, 2.05) is 35.7 Å². The third-order valence-electron chi connectivity index (χ3n) is 4.06. The molecule has 0 bridgehead atoms. The molecule has 0 spiro atoms. The molecule has 28 heavy (non-hydrogen) atoms. The van der Waals surface area contributed by atoms with Crippen molar-refractivity contribution in [2.75, 3.05) is 11.6 Å². The molecule has 4 rings (SSSR count). The van der Waals surface area contributed by atoms with Crippen molar-refractivity contribution in [1.29, 1.82) is 0 Å². The predicted octanol–water partition coefficient (Wildman–Crippen LogP) is 2.84. The normalized spacial score (nSPS) is 11.0. The minimum absolute atomic E-state index is 0.0901. The van der Waals surface area contributed by atoms with Gasteiger partial charge in [-0.05, 0) is 17.7 Å². The lowest BCUT2D eigenvalue weighted by atomic mass is 10.1. The molecule has 3 heterocycles. The van der Waals surface area contributed by atoms with E-state index in [1.54, 1.807) is 18.4 Å². The molecule has 4 aromatic rings. The van der Waals surface area contributed by atoms with E-state index in [2.05, 4.69) is 10.3 Å². The maximum atomic E-state index is 12.8. The van der Waals surface area contributed by atoms with Crippen LogP contribution < -0.4 is 16.7 Å². The molecule has 0 saturated carbocycles. The quantitative estimate of drug-likeness (QED) is 0.287. The highest BCUT2D eigenvalue weighted by molar-refractivity contribution is 7.99. The number of aromatic nitrogens is 2. The lowest BCUT2D eigenvalue weighted by Gasteiger charge is -2.08. The Morgan fingerprint density at radius 1 is 1.25 bits per heavy atom. The number of carbonyl (C=O) groups is 1. The third kappa shape index (κ3) is 3.67. The molecule has 0 fully saturated rings. The Kier molecular flexibility index (Phi) is 5.18. The first kappa shape index (κ1) is 18.3. The fourth-order valence-electron chi connectivity index (χ4n) is 2.70. The van der Waals surface area contributed by atoms with Crippen molar-refractivity contribution in [3.05, 3.63) is 70.2 Å². The smallest absolute Gasteiger partial charge is 0.282 e. The summed E-state index contributed by atoms with van der Waals surface area (Å²) < 4.78 is 6.18. The topological polar surface area (TPSA) is 103 Å². The van der Waals surface area contributed by atoms with Gasteiger partial charge in [0.15, 0.2) is 5.16 Å². The Labute approximate surface area is 168 Å². The molecule has 7 nitrogen and oxygen atoms in total. The highest BCUT2D eigenvalue weighted by Gasteiger charge is 2.17. The first-order chi connectivity index (χ1) is 13.6. The molecular formula is C19H16N4O3S2. The van der Waals surface area contributed by atoms with Crippen LogP contribution in [-0.2, 0) is 11.3 Å². The van der Waals surface area contributed by atoms with Crippen molar-refractivity contribution >= 4 is 39.2 Å². The van der Waals surface area contributed by atoms with Gasteiger partial charge in [-0.25, -0.2) is 9.66 Å². The number of fused-ring (bicyclic) bond motifs is 1. The van der Waals surface area contributed by atoms with Gasteiger partial charge in [0.25, 0.3) is 5.56 Å². The summed E-state index contributed by atoms with van der Waals surface area (Å²) in [6.45, 7) is 0.305. The second-order valence-electron chi connectivity index (χ2n) is 5.91. The number of nitrogens with zero attached hydrogens (tertiary/aromatic N) is 2. The van der Waals surface area contributed by atoms with Gasteiger partial charge in [0.1, 0.15) is 10.6 Å².